The molecule has 1 atom stereocenters. The van der Waals surface area contributed by atoms with E-state index in [0.29, 0.717) is 5.92 Å². The quantitative estimate of drug-likeness (QED) is 0.847. The lowest BCUT2D eigenvalue weighted by molar-refractivity contribution is 0.266. The SMILES string of the molecule is CC(C)CNCc1cccc(Cl)c1N1CCCC1CO. The van der Waals surface area contributed by atoms with Crippen molar-refractivity contribution in [2.45, 2.75) is 39.3 Å². The highest BCUT2D eigenvalue weighted by Crippen LogP contribution is 2.35. The third kappa shape index (κ3) is 3.66. The number of nitrogens with zero attached hydrogens (tertiary/aromatic N) is 1. The summed E-state index contributed by atoms with van der Waals surface area (Å²) in [5.41, 5.74) is 2.32. The van der Waals surface area contributed by atoms with E-state index in [2.05, 4.69) is 30.1 Å². The monoisotopic (exact) mass is 296 g/mol. The van der Waals surface area contributed by atoms with Gasteiger partial charge in [0.15, 0.2) is 0 Å². The lowest BCUT2D eigenvalue weighted by Gasteiger charge is -2.29. The molecule has 0 aliphatic carbocycles. The first-order valence-electron chi connectivity index (χ1n) is 7.49. The average molecular weight is 297 g/mol. The van der Waals surface area contributed by atoms with Crippen LogP contribution in [0.2, 0.25) is 5.02 Å². The maximum absolute atomic E-state index is 9.53. The van der Waals surface area contributed by atoms with Crippen LogP contribution in [0.5, 0.6) is 0 Å². The number of nitrogens with one attached hydrogen (secondary N) is 1. The predicted molar refractivity (Wildman–Crippen MR) is 85.5 cm³/mol. The normalized spacial score (nSPS) is 19.1. The molecule has 0 radical (unpaired) electrons. The van der Waals surface area contributed by atoms with Gasteiger partial charge in [-0.15, -0.1) is 0 Å². The van der Waals surface area contributed by atoms with Gasteiger partial charge in [-0.3, -0.25) is 0 Å². The Labute approximate surface area is 126 Å². The molecule has 1 aliphatic heterocycles. The number of benzene rings is 1. The average Bonchev–Trinajstić information content (AvgIpc) is 2.86. The van der Waals surface area contributed by atoms with Crippen LogP contribution >= 0.6 is 11.6 Å². The highest BCUT2D eigenvalue weighted by Gasteiger charge is 2.27. The minimum atomic E-state index is 0.198. The van der Waals surface area contributed by atoms with Crippen molar-refractivity contribution < 1.29 is 5.11 Å². The van der Waals surface area contributed by atoms with Gasteiger partial charge < -0.3 is 15.3 Å². The third-order valence-electron chi connectivity index (χ3n) is 3.81. The van der Waals surface area contributed by atoms with E-state index in [9.17, 15) is 5.11 Å². The van der Waals surface area contributed by atoms with Crippen molar-refractivity contribution in [2.75, 3.05) is 24.6 Å². The minimum absolute atomic E-state index is 0.198. The fourth-order valence-electron chi connectivity index (χ4n) is 2.84. The molecule has 20 heavy (non-hydrogen) atoms. The smallest absolute Gasteiger partial charge is 0.0643 e. The topological polar surface area (TPSA) is 35.5 Å². The van der Waals surface area contributed by atoms with E-state index in [-0.39, 0.29) is 12.6 Å². The summed E-state index contributed by atoms with van der Waals surface area (Å²) in [5, 5.41) is 13.8. The predicted octanol–water partition coefficient (Wildman–Crippen LogP) is 3.05. The first kappa shape index (κ1) is 15.6. The van der Waals surface area contributed by atoms with Crippen LogP contribution in [0.15, 0.2) is 18.2 Å². The highest BCUT2D eigenvalue weighted by molar-refractivity contribution is 6.33. The number of hydrogen-bond donors (Lipinski definition) is 2. The van der Waals surface area contributed by atoms with E-state index in [1.807, 2.05) is 12.1 Å². The molecular formula is C16H25ClN2O. The first-order chi connectivity index (χ1) is 9.63. The number of aliphatic hydroxyl groups excluding tert-OH is 1. The fourth-order valence-corrected chi connectivity index (χ4v) is 3.14. The molecule has 1 saturated heterocycles. The Kier molecular flexibility index (Phi) is 5.70. The van der Waals surface area contributed by atoms with Crippen molar-refractivity contribution in [2.24, 2.45) is 5.92 Å². The van der Waals surface area contributed by atoms with Gasteiger partial charge in [-0.2, -0.15) is 0 Å². The summed E-state index contributed by atoms with van der Waals surface area (Å²) in [5.74, 6) is 0.634. The van der Waals surface area contributed by atoms with Crippen LogP contribution in [0.1, 0.15) is 32.3 Å². The van der Waals surface area contributed by atoms with Gasteiger partial charge in [0.25, 0.3) is 0 Å². The zero-order valence-electron chi connectivity index (χ0n) is 12.4. The third-order valence-corrected chi connectivity index (χ3v) is 4.12. The number of aliphatic hydroxyl groups is 1. The van der Waals surface area contributed by atoms with E-state index in [1.165, 1.54) is 5.56 Å². The summed E-state index contributed by atoms with van der Waals surface area (Å²) in [6.45, 7) is 7.40. The molecule has 3 nitrogen and oxygen atoms in total. The summed E-state index contributed by atoms with van der Waals surface area (Å²) in [4.78, 5) is 2.27. The molecule has 0 spiro atoms. The van der Waals surface area contributed by atoms with Crippen molar-refractivity contribution in [3.05, 3.63) is 28.8 Å². The number of anilines is 1. The minimum Gasteiger partial charge on any atom is -0.394 e. The van der Waals surface area contributed by atoms with E-state index >= 15 is 0 Å². The largest absolute Gasteiger partial charge is 0.394 e. The molecule has 1 unspecified atom stereocenters. The van der Waals surface area contributed by atoms with E-state index in [1.54, 1.807) is 0 Å². The standard InChI is InChI=1S/C16H25ClN2O/c1-12(2)9-18-10-13-5-3-7-15(17)16(13)19-8-4-6-14(19)11-20/h3,5,7,12,14,18,20H,4,6,8-11H2,1-2H3. The van der Waals surface area contributed by atoms with Crippen molar-refractivity contribution in [3.63, 3.8) is 0 Å². The van der Waals surface area contributed by atoms with Crippen LogP contribution in [-0.2, 0) is 6.54 Å². The van der Waals surface area contributed by atoms with E-state index in [0.717, 1.165) is 43.2 Å². The van der Waals surface area contributed by atoms with Crippen LogP contribution in [0.3, 0.4) is 0 Å². The van der Waals surface area contributed by atoms with Gasteiger partial charge in [0.1, 0.15) is 0 Å². The summed E-state index contributed by atoms with van der Waals surface area (Å²) in [6, 6.07) is 6.28. The number of halogens is 1. The number of para-hydroxylation sites is 1. The van der Waals surface area contributed by atoms with Gasteiger partial charge in [-0.25, -0.2) is 0 Å². The molecule has 0 bridgehead atoms. The molecule has 1 heterocycles. The van der Waals surface area contributed by atoms with Gasteiger partial charge in [0.05, 0.1) is 23.4 Å². The van der Waals surface area contributed by atoms with Crippen LogP contribution in [0.4, 0.5) is 5.69 Å². The zero-order valence-corrected chi connectivity index (χ0v) is 13.2. The Morgan fingerprint density at radius 1 is 1.45 bits per heavy atom. The molecule has 0 amide bonds. The Morgan fingerprint density at radius 2 is 2.25 bits per heavy atom. The highest BCUT2D eigenvalue weighted by atomic mass is 35.5. The summed E-state index contributed by atoms with van der Waals surface area (Å²) < 4.78 is 0. The van der Waals surface area contributed by atoms with Crippen molar-refractivity contribution in [1.82, 2.24) is 5.32 Å². The van der Waals surface area contributed by atoms with Crippen LogP contribution in [0, 0.1) is 5.92 Å². The number of hydrogen-bond acceptors (Lipinski definition) is 3. The van der Waals surface area contributed by atoms with Crippen LogP contribution in [0.25, 0.3) is 0 Å². The molecular weight excluding hydrogens is 272 g/mol. The Hall–Kier alpha value is -0.770. The zero-order chi connectivity index (χ0) is 14.5. The molecule has 1 aromatic carbocycles. The van der Waals surface area contributed by atoms with Gasteiger partial charge in [-0.1, -0.05) is 37.6 Å². The second kappa shape index (κ2) is 7.30. The molecule has 1 aliphatic rings. The molecule has 2 N–H and O–H groups in total. The van der Waals surface area contributed by atoms with E-state index in [4.69, 9.17) is 11.6 Å². The second-order valence-electron chi connectivity index (χ2n) is 5.94. The Morgan fingerprint density at radius 3 is 2.95 bits per heavy atom. The van der Waals surface area contributed by atoms with Crippen molar-refractivity contribution in [3.8, 4) is 0 Å². The lowest BCUT2D eigenvalue weighted by Crippen LogP contribution is -2.33. The summed E-state index contributed by atoms with van der Waals surface area (Å²) in [6.07, 6.45) is 2.16. The number of rotatable bonds is 6. The molecule has 112 valence electrons. The Bertz CT molecular complexity index is 436. The van der Waals surface area contributed by atoms with Gasteiger partial charge in [0, 0.05) is 13.1 Å². The van der Waals surface area contributed by atoms with Gasteiger partial charge in [0.2, 0.25) is 0 Å². The molecule has 1 fully saturated rings. The van der Waals surface area contributed by atoms with Gasteiger partial charge >= 0.3 is 0 Å². The fraction of sp³-hybridized carbons (Fsp3) is 0.625. The molecule has 0 saturated carbocycles. The second-order valence-corrected chi connectivity index (χ2v) is 6.35. The summed E-state index contributed by atoms with van der Waals surface area (Å²) in [7, 11) is 0. The van der Waals surface area contributed by atoms with E-state index < -0.39 is 0 Å². The van der Waals surface area contributed by atoms with Crippen molar-refractivity contribution in [1.29, 1.82) is 0 Å². The maximum Gasteiger partial charge on any atom is 0.0643 e. The van der Waals surface area contributed by atoms with Crippen LogP contribution < -0.4 is 10.2 Å². The summed E-state index contributed by atoms with van der Waals surface area (Å²) >= 11 is 6.42. The molecule has 4 heteroatoms. The van der Waals surface area contributed by atoms with Gasteiger partial charge in [-0.05, 0) is 36.9 Å². The lowest BCUT2D eigenvalue weighted by atomic mass is 10.1. The van der Waals surface area contributed by atoms with Crippen LogP contribution in [-0.4, -0.2) is 30.8 Å². The first-order valence-corrected chi connectivity index (χ1v) is 7.87. The van der Waals surface area contributed by atoms with Crippen molar-refractivity contribution >= 4 is 17.3 Å². The molecule has 1 aromatic rings. The maximum atomic E-state index is 9.53. The Balaban J connectivity index is 2.17. The molecule has 2 rings (SSSR count). The molecule has 0 aromatic heterocycles.